The normalized spacial score (nSPS) is 17.2. The molecule has 0 radical (unpaired) electrons. The van der Waals surface area contributed by atoms with Crippen molar-refractivity contribution in [1.29, 1.82) is 0 Å². The van der Waals surface area contributed by atoms with E-state index in [1.807, 2.05) is 81.4 Å². The maximum Gasteiger partial charge on any atom is 0.226 e. The lowest BCUT2D eigenvalue weighted by Crippen LogP contribution is -2.35. The van der Waals surface area contributed by atoms with Crippen LogP contribution >= 0.6 is 0 Å². The Labute approximate surface area is 759 Å². The lowest BCUT2D eigenvalue weighted by atomic mass is 9.84. The van der Waals surface area contributed by atoms with E-state index in [2.05, 4.69) is 236 Å². The summed E-state index contributed by atoms with van der Waals surface area (Å²) in [6.07, 6.45) is 36.5. The fourth-order valence-corrected chi connectivity index (χ4v) is 16.9. The molecule has 4 fully saturated rings. The molecular formula is C114H166O11. The number of hydrogen-bond donors (Lipinski definition) is 0. The van der Waals surface area contributed by atoms with Crippen LogP contribution in [-0.2, 0) is 30.1 Å². The van der Waals surface area contributed by atoms with Gasteiger partial charge in [0.15, 0.2) is 18.9 Å². The Morgan fingerprint density at radius 1 is 0.272 bits per heavy atom. The quantitative estimate of drug-likeness (QED) is 0.0270. The second-order valence-corrected chi connectivity index (χ2v) is 37.3. The van der Waals surface area contributed by atoms with Gasteiger partial charge in [-0.25, -0.2) is 0 Å². The van der Waals surface area contributed by atoms with E-state index in [9.17, 15) is 0 Å². The highest BCUT2D eigenvalue weighted by molar-refractivity contribution is 5.35. The van der Waals surface area contributed by atoms with Crippen molar-refractivity contribution in [3.05, 3.63) is 251 Å². The topological polar surface area (TPSA) is 102 Å². The summed E-state index contributed by atoms with van der Waals surface area (Å²) in [4.78, 5) is 0. The van der Waals surface area contributed by atoms with E-state index in [4.69, 9.17) is 52.1 Å². The Hall–Kier alpha value is -7.64. The molecule has 0 N–H and O–H groups in total. The molecule has 0 aliphatic heterocycles. The van der Waals surface area contributed by atoms with Gasteiger partial charge in [0.25, 0.3) is 0 Å². The van der Waals surface area contributed by atoms with Crippen molar-refractivity contribution in [2.24, 2.45) is 23.2 Å². The first-order valence-corrected chi connectivity index (χ1v) is 49.4. The van der Waals surface area contributed by atoms with Gasteiger partial charge in [0.1, 0.15) is 41.1 Å². The first-order chi connectivity index (χ1) is 60.7. The van der Waals surface area contributed by atoms with Crippen molar-refractivity contribution in [1.82, 2.24) is 0 Å². The highest BCUT2D eigenvalue weighted by atomic mass is 16.7. The molecule has 4 aliphatic rings. The molecule has 0 bridgehead atoms. The minimum Gasteiger partial charge on any atom is -0.491 e. The number of hydrogen-bond acceptors (Lipinski definition) is 11. The summed E-state index contributed by atoms with van der Waals surface area (Å²) in [7, 11) is 0. The molecule has 4 aliphatic carbocycles. The molecule has 12 rings (SSSR count). The van der Waals surface area contributed by atoms with Crippen molar-refractivity contribution < 1.29 is 52.1 Å². The predicted molar refractivity (Wildman–Crippen MR) is 521 cm³/mol. The smallest absolute Gasteiger partial charge is 0.226 e. The van der Waals surface area contributed by atoms with E-state index in [0.29, 0.717) is 49.4 Å². The third kappa shape index (κ3) is 39.9. The second kappa shape index (κ2) is 58.7. The summed E-state index contributed by atoms with van der Waals surface area (Å²) in [6.45, 7) is 38.8. The zero-order valence-electron chi connectivity index (χ0n) is 80.5. The van der Waals surface area contributed by atoms with Gasteiger partial charge in [-0.15, -0.1) is 0 Å². The Kier molecular flexibility index (Phi) is 48.3. The standard InChI is InChI=1S/C26H36O3.C25H34O2.C23H38O2.C20H32O2.C20H26O2/c1-4-20(2)22-10-16-26(17-11-22)29-21(3)27-18-19-28-25-14-12-24(13-15-25)23-8-6-5-7-9-23;1-3-20(2)22-14-16-24(17-15-22)27-25(23-12-8-5-9-13-23)26-19-18-21-10-6-4-7-11-21;1-6-18(2)20-12-14-21(15-13-20)25-22(23(3,4)5)24-17-16-19-10-8-7-9-11-19;2*1-4-16(2)19-10-12-20(13-11-19)22-17(3)21-15-14-18-8-6-5-7-9-18/h10-17,20-21,23H,4-9,18-19H2,1-3H3;5,8-9,12-17,20-21,25H,3-4,6-7,10-11,18-19H2,1-2H3;12-15,18-19,22H,6-11,16-17H2,1-5H3;10-13,16-18H,4-9,14-15H2,1-3H3;5-13,16-17H,4,14-15H2,1-3H3. The Morgan fingerprint density at radius 2 is 0.576 bits per heavy atom. The Bertz CT molecular complexity index is 3970. The zero-order chi connectivity index (χ0) is 89.2. The molecule has 11 heteroatoms. The molecule has 0 spiro atoms. The lowest BCUT2D eigenvalue weighted by Gasteiger charge is -2.32. The molecule has 125 heavy (non-hydrogen) atoms. The number of ether oxygens (including phenoxy) is 11. The van der Waals surface area contributed by atoms with Crippen molar-refractivity contribution >= 4 is 0 Å². The third-order valence-electron chi connectivity index (χ3n) is 26.4. The lowest BCUT2D eigenvalue weighted by molar-refractivity contribution is -0.143. The van der Waals surface area contributed by atoms with E-state index in [1.54, 1.807) is 0 Å². The summed E-state index contributed by atoms with van der Waals surface area (Å²) >= 11 is 0. The van der Waals surface area contributed by atoms with Gasteiger partial charge in [-0.1, -0.05) is 339 Å². The van der Waals surface area contributed by atoms with Crippen LogP contribution in [-0.4, -0.2) is 64.8 Å². The van der Waals surface area contributed by atoms with Gasteiger partial charge in [-0.05, 0) is 256 Å². The van der Waals surface area contributed by atoms with Crippen molar-refractivity contribution in [2.45, 2.75) is 364 Å². The average Bonchev–Trinajstić information content (AvgIpc) is 0.855. The largest absolute Gasteiger partial charge is 0.491 e. The van der Waals surface area contributed by atoms with Gasteiger partial charge >= 0.3 is 0 Å². The van der Waals surface area contributed by atoms with Gasteiger partial charge < -0.3 is 52.1 Å². The fraction of sp³-hybridized carbons (Fsp3) is 0.579. The number of rotatable bonds is 43. The zero-order valence-corrected chi connectivity index (χ0v) is 80.5. The van der Waals surface area contributed by atoms with Gasteiger partial charge in [0, 0.05) is 11.0 Å². The van der Waals surface area contributed by atoms with Crippen LogP contribution in [0.15, 0.2) is 206 Å². The molecule has 0 aromatic heterocycles. The molecule has 0 saturated heterocycles. The maximum atomic E-state index is 6.24. The molecule has 0 amide bonds. The van der Waals surface area contributed by atoms with Crippen LogP contribution < -0.4 is 28.4 Å². The highest BCUT2D eigenvalue weighted by Crippen LogP contribution is 2.37. The van der Waals surface area contributed by atoms with Crippen LogP contribution in [0.25, 0.3) is 0 Å². The van der Waals surface area contributed by atoms with Crippen LogP contribution in [0.4, 0.5) is 0 Å². The van der Waals surface area contributed by atoms with E-state index < -0.39 is 0 Å². The molecule has 8 aromatic rings. The minimum atomic E-state index is -0.343. The van der Waals surface area contributed by atoms with Gasteiger partial charge in [0.2, 0.25) is 12.6 Å². The summed E-state index contributed by atoms with van der Waals surface area (Å²) in [5.41, 5.74) is 10.6. The molecule has 10 unspecified atom stereocenters. The van der Waals surface area contributed by atoms with Crippen LogP contribution in [0.1, 0.15) is 377 Å². The maximum absolute atomic E-state index is 6.24. The minimum absolute atomic E-state index is 0.0397. The first kappa shape index (κ1) is 103. The van der Waals surface area contributed by atoms with Crippen LogP contribution in [0.2, 0.25) is 0 Å². The fourth-order valence-electron chi connectivity index (χ4n) is 16.9. The van der Waals surface area contributed by atoms with Crippen LogP contribution in [0, 0.1) is 23.2 Å². The van der Waals surface area contributed by atoms with E-state index in [1.165, 1.54) is 187 Å². The molecule has 11 nitrogen and oxygen atoms in total. The monoisotopic (exact) mass is 1710 g/mol. The summed E-state index contributed by atoms with van der Waals surface area (Å²) in [6, 6.07) is 71.4. The van der Waals surface area contributed by atoms with E-state index >= 15 is 0 Å². The SMILES string of the molecule is CCC(C)c1ccc(OC(C)OCCC2CCCCC2)cc1.CCC(C)c1ccc(OC(C)OCCOc2ccc(C3CCCCC3)cc2)cc1.CCC(C)c1ccc(OC(C)OCCc2ccccc2)cc1.CCC(C)c1ccc(OC(OCCC2CCCCC2)C(C)(C)C)cc1.CCC(C)c1ccc(OC(OCCC2CCCCC2)c2ccccc2)cc1. The van der Waals surface area contributed by atoms with Crippen molar-refractivity contribution in [2.75, 3.05) is 39.6 Å². The van der Waals surface area contributed by atoms with Crippen molar-refractivity contribution in [3.8, 4) is 34.5 Å². The summed E-state index contributed by atoms with van der Waals surface area (Å²) in [5.74, 6) is 11.5. The number of benzene rings is 8. The summed E-state index contributed by atoms with van der Waals surface area (Å²) in [5, 5.41) is 0. The van der Waals surface area contributed by atoms with Gasteiger partial charge in [-0.3, -0.25) is 0 Å². The van der Waals surface area contributed by atoms with Crippen LogP contribution in [0.3, 0.4) is 0 Å². The molecular weight excluding hydrogens is 1550 g/mol. The van der Waals surface area contributed by atoms with Crippen molar-refractivity contribution in [3.63, 3.8) is 0 Å². The van der Waals surface area contributed by atoms with Gasteiger partial charge in [-0.2, -0.15) is 0 Å². The summed E-state index contributed by atoms with van der Waals surface area (Å²) < 4.78 is 65.5. The van der Waals surface area contributed by atoms with E-state index in [-0.39, 0.29) is 36.9 Å². The molecule has 10 atom stereocenters. The second-order valence-electron chi connectivity index (χ2n) is 37.3. The molecule has 4 saturated carbocycles. The molecule has 8 aromatic carbocycles. The van der Waals surface area contributed by atoms with E-state index in [0.717, 1.165) is 122 Å². The first-order valence-electron chi connectivity index (χ1n) is 49.4. The average molecular weight is 1710 g/mol. The highest BCUT2D eigenvalue weighted by Gasteiger charge is 2.29. The Morgan fingerprint density at radius 3 is 0.936 bits per heavy atom. The van der Waals surface area contributed by atoms with Gasteiger partial charge in [0.05, 0.1) is 33.0 Å². The predicted octanol–water partition coefficient (Wildman–Crippen LogP) is 32.4. The Balaban J connectivity index is 0.000000194. The molecule has 0 heterocycles. The molecule has 688 valence electrons. The van der Waals surface area contributed by atoms with Crippen LogP contribution in [0.5, 0.6) is 34.5 Å². The third-order valence-corrected chi connectivity index (χ3v) is 26.4.